The van der Waals surface area contributed by atoms with Crippen LogP contribution in [0.3, 0.4) is 0 Å². The Hall–Kier alpha value is -1.97. The van der Waals surface area contributed by atoms with E-state index in [1.54, 1.807) is 38.1 Å². The molecule has 0 aliphatic carbocycles. The van der Waals surface area contributed by atoms with Crippen LogP contribution >= 0.6 is 0 Å². The number of benzene rings is 1. The molecular formula is C14H17NO3. The lowest BCUT2D eigenvalue weighted by molar-refractivity contribution is -0.134. The Morgan fingerprint density at radius 1 is 1.22 bits per heavy atom. The normalized spacial score (nSPS) is 11.9. The number of aldehydes is 1. The van der Waals surface area contributed by atoms with E-state index in [4.69, 9.17) is 0 Å². The van der Waals surface area contributed by atoms with Crippen molar-refractivity contribution >= 4 is 23.7 Å². The number of carbonyl (C=O) groups excluding carboxylic acids is 3. The standard InChI is InChI=1S/C14H17NO3/c1-10(2)13(17)12(8-9-16)14(18)15-11-6-4-3-5-7-11/h3-7,9-10,12H,8H2,1-2H3,(H,15,18). The first-order valence-corrected chi connectivity index (χ1v) is 5.89. The maximum absolute atomic E-state index is 12.0. The van der Waals surface area contributed by atoms with Crippen LogP contribution in [0.2, 0.25) is 0 Å². The van der Waals surface area contributed by atoms with E-state index < -0.39 is 11.8 Å². The number of para-hydroxylation sites is 1. The number of hydrogen-bond donors (Lipinski definition) is 1. The highest BCUT2D eigenvalue weighted by atomic mass is 16.2. The Bertz CT molecular complexity index is 426. The van der Waals surface area contributed by atoms with Crippen molar-refractivity contribution < 1.29 is 14.4 Å². The Morgan fingerprint density at radius 2 is 1.83 bits per heavy atom. The quantitative estimate of drug-likeness (QED) is 0.618. The molecule has 4 nitrogen and oxygen atoms in total. The van der Waals surface area contributed by atoms with E-state index >= 15 is 0 Å². The van der Waals surface area contributed by atoms with Crippen LogP contribution in [0.15, 0.2) is 30.3 Å². The van der Waals surface area contributed by atoms with Gasteiger partial charge in [-0.15, -0.1) is 0 Å². The molecule has 0 fully saturated rings. The third-order valence-corrected chi connectivity index (χ3v) is 2.60. The molecule has 0 heterocycles. The van der Waals surface area contributed by atoms with E-state index in [0.29, 0.717) is 12.0 Å². The van der Waals surface area contributed by atoms with Gasteiger partial charge in [0.1, 0.15) is 18.0 Å². The molecule has 0 spiro atoms. The predicted octanol–water partition coefficient (Wildman–Crippen LogP) is 2.06. The third kappa shape index (κ3) is 3.80. The molecule has 0 bridgehead atoms. The summed E-state index contributed by atoms with van der Waals surface area (Å²) in [7, 11) is 0. The number of hydrogen-bond acceptors (Lipinski definition) is 3. The molecule has 1 amide bonds. The molecule has 0 saturated heterocycles. The van der Waals surface area contributed by atoms with Gasteiger partial charge in [-0.05, 0) is 12.1 Å². The topological polar surface area (TPSA) is 63.2 Å². The van der Waals surface area contributed by atoms with Gasteiger partial charge in [0, 0.05) is 18.0 Å². The van der Waals surface area contributed by atoms with Crippen molar-refractivity contribution in [3.63, 3.8) is 0 Å². The molecule has 1 atom stereocenters. The van der Waals surface area contributed by atoms with Crippen LogP contribution in [-0.4, -0.2) is 18.0 Å². The monoisotopic (exact) mass is 247 g/mol. The fraction of sp³-hybridized carbons (Fsp3) is 0.357. The highest BCUT2D eigenvalue weighted by Crippen LogP contribution is 2.14. The lowest BCUT2D eigenvalue weighted by atomic mass is 9.92. The van der Waals surface area contributed by atoms with Crippen molar-refractivity contribution in [1.29, 1.82) is 0 Å². The summed E-state index contributed by atoms with van der Waals surface area (Å²) in [4.78, 5) is 34.4. The first-order valence-electron chi connectivity index (χ1n) is 5.89. The van der Waals surface area contributed by atoms with Crippen molar-refractivity contribution in [1.82, 2.24) is 0 Å². The van der Waals surface area contributed by atoms with Gasteiger partial charge in [-0.3, -0.25) is 9.59 Å². The average Bonchev–Trinajstić information content (AvgIpc) is 2.36. The van der Waals surface area contributed by atoms with E-state index in [2.05, 4.69) is 5.32 Å². The van der Waals surface area contributed by atoms with Crippen molar-refractivity contribution in [2.24, 2.45) is 11.8 Å². The fourth-order valence-electron chi connectivity index (χ4n) is 1.60. The second-order valence-corrected chi connectivity index (χ2v) is 4.37. The predicted molar refractivity (Wildman–Crippen MR) is 69.1 cm³/mol. The van der Waals surface area contributed by atoms with E-state index in [0.717, 1.165) is 0 Å². The van der Waals surface area contributed by atoms with Gasteiger partial charge in [0.25, 0.3) is 0 Å². The summed E-state index contributed by atoms with van der Waals surface area (Å²) in [5, 5.41) is 2.64. The van der Waals surface area contributed by atoms with Gasteiger partial charge in [0.15, 0.2) is 0 Å². The molecule has 1 aromatic carbocycles. The van der Waals surface area contributed by atoms with Gasteiger partial charge in [0.2, 0.25) is 5.91 Å². The van der Waals surface area contributed by atoms with Crippen molar-refractivity contribution in [2.75, 3.05) is 5.32 Å². The maximum Gasteiger partial charge on any atom is 0.235 e. The zero-order chi connectivity index (χ0) is 13.5. The molecular weight excluding hydrogens is 230 g/mol. The largest absolute Gasteiger partial charge is 0.325 e. The molecule has 1 unspecified atom stereocenters. The van der Waals surface area contributed by atoms with Gasteiger partial charge in [-0.25, -0.2) is 0 Å². The maximum atomic E-state index is 12.0. The minimum Gasteiger partial charge on any atom is -0.325 e. The van der Waals surface area contributed by atoms with Crippen LogP contribution in [0.25, 0.3) is 0 Å². The summed E-state index contributed by atoms with van der Waals surface area (Å²) >= 11 is 0. The van der Waals surface area contributed by atoms with E-state index in [-0.39, 0.29) is 18.1 Å². The molecule has 96 valence electrons. The zero-order valence-electron chi connectivity index (χ0n) is 10.6. The van der Waals surface area contributed by atoms with Gasteiger partial charge >= 0.3 is 0 Å². The summed E-state index contributed by atoms with van der Waals surface area (Å²) in [6, 6.07) is 8.87. The van der Waals surface area contributed by atoms with Crippen molar-refractivity contribution in [3.8, 4) is 0 Å². The second-order valence-electron chi connectivity index (χ2n) is 4.37. The summed E-state index contributed by atoms with van der Waals surface area (Å²) in [5.74, 6) is -1.80. The Kier molecular flexibility index (Phi) is 5.24. The molecule has 0 aliphatic heterocycles. The molecule has 0 aliphatic rings. The van der Waals surface area contributed by atoms with Crippen LogP contribution < -0.4 is 5.32 Å². The fourth-order valence-corrected chi connectivity index (χ4v) is 1.60. The highest BCUT2D eigenvalue weighted by molar-refractivity contribution is 6.08. The molecule has 18 heavy (non-hydrogen) atoms. The lowest BCUT2D eigenvalue weighted by Crippen LogP contribution is -2.32. The molecule has 0 radical (unpaired) electrons. The summed E-state index contributed by atoms with van der Waals surface area (Å²) < 4.78 is 0. The Labute approximate surface area is 106 Å². The molecule has 4 heteroatoms. The van der Waals surface area contributed by atoms with Crippen LogP contribution in [-0.2, 0) is 14.4 Å². The summed E-state index contributed by atoms with van der Waals surface area (Å²) in [6.45, 7) is 3.44. The number of ketones is 1. The molecule has 0 saturated carbocycles. The Balaban J connectivity index is 2.77. The summed E-state index contributed by atoms with van der Waals surface area (Å²) in [5.41, 5.74) is 0.620. The number of carbonyl (C=O) groups is 3. The minimum atomic E-state index is -0.900. The van der Waals surface area contributed by atoms with Crippen molar-refractivity contribution in [2.45, 2.75) is 20.3 Å². The van der Waals surface area contributed by atoms with Crippen LogP contribution in [0.5, 0.6) is 0 Å². The zero-order valence-corrected chi connectivity index (χ0v) is 10.6. The summed E-state index contributed by atoms with van der Waals surface area (Å²) in [6.07, 6.45) is 0.533. The molecule has 1 N–H and O–H groups in total. The Morgan fingerprint density at radius 3 is 2.33 bits per heavy atom. The smallest absolute Gasteiger partial charge is 0.235 e. The highest BCUT2D eigenvalue weighted by Gasteiger charge is 2.27. The minimum absolute atomic E-state index is 0.0737. The van der Waals surface area contributed by atoms with Crippen LogP contribution in [0.1, 0.15) is 20.3 Å². The van der Waals surface area contributed by atoms with E-state index in [1.165, 1.54) is 0 Å². The second kappa shape index (κ2) is 6.69. The van der Waals surface area contributed by atoms with Crippen LogP contribution in [0, 0.1) is 11.8 Å². The molecule has 0 aromatic heterocycles. The number of Topliss-reactive ketones (excluding diaryl/α,β-unsaturated/α-hetero) is 1. The van der Waals surface area contributed by atoms with Gasteiger partial charge in [-0.2, -0.15) is 0 Å². The SMILES string of the molecule is CC(C)C(=O)C(CC=O)C(=O)Nc1ccccc1. The molecule has 1 aromatic rings. The number of amides is 1. The first-order chi connectivity index (χ1) is 8.56. The van der Waals surface area contributed by atoms with E-state index in [9.17, 15) is 14.4 Å². The van der Waals surface area contributed by atoms with E-state index in [1.807, 2.05) is 6.07 Å². The number of anilines is 1. The third-order valence-electron chi connectivity index (χ3n) is 2.60. The number of nitrogens with one attached hydrogen (secondary N) is 1. The average molecular weight is 247 g/mol. The lowest BCUT2D eigenvalue weighted by Gasteiger charge is -2.15. The molecule has 1 rings (SSSR count). The van der Waals surface area contributed by atoms with Crippen molar-refractivity contribution in [3.05, 3.63) is 30.3 Å². The van der Waals surface area contributed by atoms with Crippen LogP contribution in [0.4, 0.5) is 5.69 Å². The van der Waals surface area contributed by atoms with Gasteiger partial charge in [0.05, 0.1) is 0 Å². The van der Waals surface area contributed by atoms with Gasteiger partial charge in [-0.1, -0.05) is 32.0 Å². The van der Waals surface area contributed by atoms with Gasteiger partial charge < -0.3 is 10.1 Å². The number of rotatable bonds is 6. The first kappa shape index (κ1) is 14.1.